The molecule has 0 aromatic rings. The van der Waals surface area contributed by atoms with Crippen LogP contribution >= 0.6 is 0 Å². The van der Waals surface area contributed by atoms with E-state index >= 15 is 0 Å². The third-order valence-electron chi connectivity index (χ3n) is 0.673. The average molecular weight is 175 g/mol. The van der Waals surface area contributed by atoms with E-state index in [0.717, 1.165) is 0 Å². The monoisotopic (exact) mass is 175 g/mol. The van der Waals surface area contributed by atoms with E-state index in [1.54, 1.807) is 6.92 Å². The van der Waals surface area contributed by atoms with Crippen molar-refractivity contribution in [3.05, 3.63) is 0 Å². The zero-order valence-corrected chi connectivity index (χ0v) is 8.81. The Morgan fingerprint density at radius 3 is 1.90 bits per heavy atom. The molecule has 0 atom stereocenters. The molecule has 0 rings (SSSR count). The van der Waals surface area contributed by atoms with Crippen LogP contribution < -0.4 is 29.6 Å². The Morgan fingerprint density at radius 1 is 1.40 bits per heavy atom. The minimum atomic E-state index is -2.20. The molecule has 0 aliphatic carbocycles. The summed E-state index contributed by atoms with van der Waals surface area (Å²) in [6.07, 6.45) is 0.300. The van der Waals surface area contributed by atoms with Gasteiger partial charge in [0.2, 0.25) is 0 Å². The first-order chi connectivity index (χ1) is 3.66. The van der Waals surface area contributed by atoms with E-state index in [2.05, 4.69) is 0 Å². The van der Waals surface area contributed by atoms with Crippen molar-refractivity contribution in [3.63, 3.8) is 0 Å². The molecule has 4 nitrogen and oxygen atoms in total. The number of Topliss-reactive ketones (excluding diaryl/α,β-unsaturated/α-hetero) is 1. The minimum absolute atomic E-state index is 0. The molecule has 6 heteroatoms. The predicted octanol–water partition coefficient (Wildman–Crippen LogP) is -2.90. The second-order valence-electron chi connectivity index (χ2n) is 1.34. The summed E-state index contributed by atoms with van der Waals surface area (Å²) >= 11 is 0. The molecule has 0 amide bonds. The van der Waals surface area contributed by atoms with Crippen molar-refractivity contribution < 1.29 is 48.2 Å². The smallest absolute Gasteiger partial charge is 0.870 e. The molecule has 0 aliphatic rings. The van der Waals surface area contributed by atoms with E-state index in [1.165, 1.54) is 0 Å². The third kappa shape index (κ3) is 11.4. The molecule has 0 aliphatic heterocycles. The first-order valence-electron chi connectivity index (χ1n) is 2.24. The molecule has 56 valence electrons. The van der Waals surface area contributed by atoms with Crippen molar-refractivity contribution in [1.82, 2.24) is 0 Å². The van der Waals surface area contributed by atoms with Gasteiger partial charge < -0.3 is 18.7 Å². The molecule has 0 aromatic carbocycles. The maximum atomic E-state index is 10.2. The van der Waals surface area contributed by atoms with Crippen LogP contribution in [0.15, 0.2) is 0 Å². The van der Waals surface area contributed by atoms with Crippen molar-refractivity contribution in [2.75, 3.05) is 5.75 Å². The Kier molecular flexibility index (Phi) is 16.2. The molecule has 0 bridgehead atoms. The molecule has 0 unspecified atom stereocenters. The van der Waals surface area contributed by atoms with Gasteiger partial charge in [-0.05, 0) is 5.75 Å². The van der Waals surface area contributed by atoms with Crippen LogP contribution in [0.25, 0.3) is 0 Å². The summed E-state index contributed by atoms with van der Waals surface area (Å²) in [4.78, 5) is 10.2. The summed E-state index contributed by atoms with van der Waals surface area (Å²) in [6, 6.07) is 0. The van der Waals surface area contributed by atoms with Crippen LogP contribution in [0.4, 0.5) is 0 Å². The summed E-state index contributed by atoms with van der Waals surface area (Å²) in [6.45, 7) is 1.63. The van der Waals surface area contributed by atoms with Gasteiger partial charge in [0, 0.05) is 6.42 Å². The Hall–Kier alpha value is 0.580. The maximum Gasteiger partial charge on any atom is 1.00 e. The Balaban J connectivity index is -0.000000245. The minimum Gasteiger partial charge on any atom is -0.870 e. The number of carbonyl (C=O) groups is 1. The molecule has 0 saturated heterocycles. The van der Waals surface area contributed by atoms with Gasteiger partial charge >= 0.3 is 29.6 Å². The predicted molar refractivity (Wildman–Crippen MR) is 30.8 cm³/mol. The number of hydrogen-bond donors (Lipinski definition) is 0. The van der Waals surface area contributed by atoms with E-state index in [4.69, 9.17) is 0 Å². The zero-order chi connectivity index (χ0) is 6.57. The average Bonchev–Trinajstić information content (AvgIpc) is 1.65. The first-order valence-corrected chi connectivity index (χ1v) is 3.48. The summed E-state index contributed by atoms with van der Waals surface area (Å²) in [7, 11) is -2.20. The van der Waals surface area contributed by atoms with Crippen molar-refractivity contribution in [3.8, 4) is 0 Å². The van der Waals surface area contributed by atoms with E-state index in [0.29, 0.717) is 6.42 Å². The van der Waals surface area contributed by atoms with Gasteiger partial charge in [0.25, 0.3) is 0 Å². The Labute approximate surface area is 83.5 Å². The molecule has 0 fully saturated rings. The van der Waals surface area contributed by atoms with Gasteiger partial charge in [-0.1, -0.05) is 17.6 Å². The fourth-order valence-corrected chi connectivity index (χ4v) is 0.701. The third-order valence-corrected chi connectivity index (χ3v) is 1.23. The summed E-state index contributed by atoms with van der Waals surface area (Å²) in [5.41, 5.74) is 0. The number of hydrogen-bond acceptors (Lipinski definition) is 5. The quantitative estimate of drug-likeness (QED) is 0.340. The number of ketones is 1. The van der Waals surface area contributed by atoms with Crippen LogP contribution in [0.1, 0.15) is 13.3 Å². The summed E-state index contributed by atoms with van der Waals surface area (Å²) < 4.78 is 19.5. The molecule has 0 spiro atoms. The van der Waals surface area contributed by atoms with Crippen LogP contribution in [0.5, 0.6) is 0 Å². The van der Waals surface area contributed by atoms with E-state index in [9.17, 15) is 13.2 Å². The largest absolute Gasteiger partial charge is 1.00 e. The van der Waals surface area contributed by atoms with Crippen LogP contribution in [0, 0.1) is 0 Å². The van der Waals surface area contributed by atoms with Crippen molar-refractivity contribution in [1.29, 1.82) is 0 Å². The van der Waals surface area contributed by atoms with Crippen LogP contribution in [-0.2, 0) is 23.9 Å². The summed E-state index contributed by atoms with van der Waals surface area (Å²) in [5.74, 6) is -0.574. The number of carbonyl (C=O) groups excluding carboxylic acids is 1. The SMILES string of the molecule is CCC(=O)C[S-](=O)=O.[Na+].[OH-]. The normalized spacial score (nSPS) is 7.80. The van der Waals surface area contributed by atoms with Gasteiger partial charge in [-0.25, -0.2) is 0 Å². The van der Waals surface area contributed by atoms with E-state index in [-0.39, 0.29) is 46.6 Å². The number of rotatable bonds is 3. The van der Waals surface area contributed by atoms with Crippen molar-refractivity contribution in [2.45, 2.75) is 13.3 Å². The zero-order valence-electron chi connectivity index (χ0n) is 5.99. The van der Waals surface area contributed by atoms with Gasteiger partial charge in [-0.15, -0.1) is 0 Å². The van der Waals surface area contributed by atoms with Gasteiger partial charge in [0.1, 0.15) is 5.78 Å². The molecule has 0 aromatic heterocycles. The van der Waals surface area contributed by atoms with Gasteiger partial charge in [0.05, 0.1) is 0 Å². The molecule has 10 heavy (non-hydrogen) atoms. The van der Waals surface area contributed by atoms with Crippen LogP contribution in [-0.4, -0.2) is 17.0 Å². The van der Waals surface area contributed by atoms with Crippen LogP contribution in [0.2, 0.25) is 0 Å². The molecule has 0 radical (unpaired) electrons. The van der Waals surface area contributed by atoms with E-state index < -0.39 is 10.7 Å². The maximum absolute atomic E-state index is 10.2. The Bertz CT molecular complexity index is 145. The van der Waals surface area contributed by atoms with Gasteiger partial charge in [0.15, 0.2) is 0 Å². The molecular formula is C4H8NaO4S-. The standard InChI is InChI=1S/C4H7O3S.Na.H2O/c1-2-4(5)3-8(6)7;;/h2-3H2,1H3;;1H2/q-1;+1;/p-1. The molecule has 1 N–H and O–H groups in total. The van der Waals surface area contributed by atoms with E-state index in [1.807, 2.05) is 0 Å². The van der Waals surface area contributed by atoms with Crippen molar-refractivity contribution >= 4 is 16.5 Å². The van der Waals surface area contributed by atoms with Crippen LogP contribution in [0.3, 0.4) is 0 Å². The molecule has 0 heterocycles. The summed E-state index contributed by atoms with van der Waals surface area (Å²) in [5, 5.41) is 0. The fourth-order valence-electron chi connectivity index (χ4n) is 0.234. The van der Waals surface area contributed by atoms with Crippen molar-refractivity contribution in [2.24, 2.45) is 0 Å². The molecular weight excluding hydrogens is 167 g/mol. The van der Waals surface area contributed by atoms with Gasteiger partial charge in [-0.3, -0.25) is 0 Å². The first kappa shape index (κ1) is 16.9. The second kappa shape index (κ2) is 9.58. The topological polar surface area (TPSA) is 81.2 Å². The second-order valence-corrected chi connectivity index (χ2v) is 2.24. The Morgan fingerprint density at radius 2 is 1.80 bits per heavy atom. The molecule has 0 saturated carbocycles. The fraction of sp³-hybridized carbons (Fsp3) is 0.750. The van der Waals surface area contributed by atoms with Gasteiger partial charge in [-0.2, -0.15) is 0 Å².